The van der Waals surface area contributed by atoms with Crippen molar-refractivity contribution in [3.63, 3.8) is 0 Å². The maximum atomic E-state index is 15.5. The average Bonchev–Trinajstić information content (AvgIpc) is 3.40. The minimum Gasteiger partial charge on any atom is -0.378 e. The van der Waals surface area contributed by atoms with Gasteiger partial charge in [0.1, 0.15) is 5.82 Å². The van der Waals surface area contributed by atoms with Gasteiger partial charge in [0.15, 0.2) is 0 Å². The molecule has 8 heteroatoms. The summed E-state index contributed by atoms with van der Waals surface area (Å²) in [5, 5.41) is 3.97. The van der Waals surface area contributed by atoms with Crippen molar-refractivity contribution in [2.45, 2.75) is 60.0 Å². The molecule has 1 saturated heterocycles. The van der Waals surface area contributed by atoms with E-state index in [4.69, 9.17) is 4.74 Å². The number of hydrogen-bond donors (Lipinski definition) is 2. The Morgan fingerprint density at radius 1 is 1.12 bits per heavy atom. The maximum absolute atomic E-state index is 15.5. The third-order valence-electron chi connectivity index (χ3n) is 7.97. The number of carbonyl (C=O) groups is 1. The SMILES string of the molecule is CCCc1cc(C)[nH]c(=O)c1CNC(=O)c1cc(-c2ccc(N3CCOCC3)c(F)c2)c2ccn(C(C)C)c2c1C. The Balaban J connectivity index is 1.55. The van der Waals surface area contributed by atoms with Crippen molar-refractivity contribution in [3.05, 3.63) is 86.7 Å². The van der Waals surface area contributed by atoms with Crippen LogP contribution in [0.2, 0.25) is 0 Å². The van der Waals surface area contributed by atoms with E-state index in [-0.39, 0.29) is 29.9 Å². The van der Waals surface area contributed by atoms with Crippen molar-refractivity contribution in [1.82, 2.24) is 14.9 Å². The molecule has 1 amide bonds. The number of fused-ring (bicyclic) bond motifs is 1. The number of ether oxygens (including phenoxy) is 1. The number of anilines is 1. The smallest absolute Gasteiger partial charge is 0.253 e. The van der Waals surface area contributed by atoms with Crippen molar-refractivity contribution in [3.8, 4) is 11.1 Å². The number of pyridine rings is 1. The van der Waals surface area contributed by atoms with E-state index in [0.29, 0.717) is 48.7 Å². The van der Waals surface area contributed by atoms with E-state index in [1.165, 1.54) is 0 Å². The molecular weight excluding hydrogens is 519 g/mol. The Bertz CT molecular complexity index is 1650. The van der Waals surface area contributed by atoms with E-state index in [1.807, 2.05) is 55.3 Å². The summed E-state index contributed by atoms with van der Waals surface area (Å²) in [6.07, 6.45) is 3.68. The molecule has 0 unspecified atom stereocenters. The molecule has 0 radical (unpaired) electrons. The number of carbonyl (C=O) groups excluding carboxylic acids is 1. The fourth-order valence-electron chi connectivity index (χ4n) is 5.89. The van der Waals surface area contributed by atoms with Gasteiger partial charge >= 0.3 is 0 Å². The summed E-state index contributed by atoms with van der Waals surface area (Å²) >= 11 is 0. The normalized spacial score (nSPS) is 13.8. The van der Waals surface area contributed by atoms with E-state index < -0.39 is 0 Å². The van der Waals surface area contributed by atoms with Crippen molar-refractivity contribution < 1.29 is 13.9 Å². The molecule has 0 spiro atoms. The van der Waals surface area contributed by atoms with Crippen molar-refractivity contribution >= 4 is 22.5 Å². The lowest BCUT2D eigenvalue weighted by Crippen LogP contribution is -2.36. The molecule has 1 aliphatic heterocycles. The summed E-state index contributed by atoms with van der Waals surface area (Å²) < 4.78 is 23.0. The molecule has 0 bridgehead atoms. The topological polar surface area (TPSA) is 79.4 Å². The van der Waals surface area contributed by atoms with E-state index in [1.54, 1.807) is 6.07 Å². The molecule has 0 atom stereocenters. The lowest BCUT2D eigenvalue weighted by Gasteiger charge is -2.29. The molecule has 0 aliphatic carbocycles. The Kier molecular flexibility index (Phi) is 8.31. The van der Waals surface area contributed by atoms with Gasteiger partial charge in [0.25, 0.3) is 11.5 Å². The zero-order valence-corrected chi connectivity index (χ0v) is 24.6. The van der Waals surface area contributed by atoms with Crippen LogP contribution >= 0.6 is 0 Å². The quantitative estimate of drug-likeness (QED) is 0.276. The second-order valence-corrected chi connectivity index (χ2v) is 11.2. The monoisotopic (exact) mass is 558 g/mol. The van der Waals surface area contributed by atoms with Gasteiger partial charge in [-0.3, -0.25) is 9.59 Å². The van der Waals surface area contributed by atoms with Crippen LogP contribution in [-0.4, -0.2) is 41.8 Å². The largest absolute Gasteiger partial charge is 0.378 e. The highest BCUT2D eigenvalue weighted by molar-refractivity contribution is 6.06. The van der Waals surface area contributed by atoms with Gasteiger partial charge in [-0.2, -0.15) is 0 Å². The highest BCUT2D eigenvalue weighted by atomic mass is 19.1. The second-order valence-electron chi connectivity index (χ2n) is 11.2. The van der Waals surface area contributed by atoms with Gasteiger partial charge in [-0.1, -0.05) is 19.4 Å². The fourth-order valence-corrected chi connectivity index (χ4v) is 5.89. The standard InChI is InChI=1S/C33H39FN4O3/c1-6-7-23-16-21(4)36-33(40)28(23)19-35-32(39)26-18-27(25-10-11-38(20(2)3)31(25)22(26)5)24-8-9-30(29(34)17-24)37-12-14-41-15-13-37/h8-11,16-18,20H,6-7,12-15,19H2,1-5H3,(H,35,39)(H,36,40). The number of amides is 1. The molecule has 2 aromatic heterocycles. The van der Waals surface area contributed by atoms with Crippen LogP contribution in [0.25, 0.3) is 22.0 Å². The number of aryl methyl sites for hydroxylation is 3. The molecule has 5 rings (SSSR count). The van der Waals surface area contributed by atoms with Crippen molar-refractivity contribution in [2.75, 3.05) is 31.2 Å². The highest BCUT2D eigenvalue weighted by Gasteiger charge is 2.22. The number of rotatable bonds is 8. The van der Waals surface area contributed by atoms with Gasteiger partial charge in [0.2, 0.25) is 0 Å². The zero-order chi connectivity index (χ0) is 29.3. The molecule has 41 heavy (non-hydrogen) atoms. The third kappa shape index (κ3) is 5.66. The Morgan fingerprint density at radius 3 is 2.56 bits per heavy atom. The van der Waals surface area contributed by atoms with Crippen molar-refractivity contribution in [1.29, 1.82) is 0 Å². The Morgan fingerprint density at radius 2 is 1.88 bits per heavy atom. The number of morpholine rings is 1. The molecule has 2 N–H and O–H groups in total. The predicted octanol–water partition coefficient (Wildman–Crippen LogP) is 6.05. The molecule has 216 valence electrons. The van der Waals surface area contributed by atoms with Crippen LogP contribution in [-0.2, 0) is 17.7 Å². The van der Waals surface area contributed by atoms with Crippen LogP contribution < -0.4 is 15.8 Å². The molecule has 4 aromatic rings. The number of aromatic nitrogens is 2. The molecule has 1 aliphatic rings. The summed E-state index contributed by atoms with van der Waals surface area (Å²) in [5.74, 6) is -0.565. The molecule has 1 fully saturated rings. The summed E-state index contributed by atoms with van der Waals surface area (Å²) in [6.45, 7) is 12.7. The number of nitrogens with one attached hydrogen (secondary N) is 2. The van der Waals surface area contributed by atoms with Crippen LogP contribution in [0.1, 0.15) is 66.0 Å². The lowest BCUT2D eigenvalue weighted by atomic mass is 9.94. The highest BCUT2D eigenvalue weighted by Crippen LogP contribution is 2.37. The van der Waals surface area contributed by atoms with Gasteiger partial charge in [-0.25, -0.2) is 4.39 Å². The van der Waals surface area contributed by atoms with Crippen LogP contribution in [0.4, 0.5) is 10.1 Å². The van der Waals surface area contributed by atoms with Gasteiger partial charge in [-0.15, -0.1) is 0 Å². The number of H-pyrrole nitrogens is 1. The summed E-state index contributed by atoms with van der Waals surface area (Å²) in [6, 6.07) is 11.3. The summed E-state index contributed by atoms with van der Waals surface area (Å²) in [7, 11) is 0. The van der Waals surface area contributed by atoms with Gasteiger partial charge < -0.3 is 24.5 Å². The van der Waals surface area contributed by atoms with Crippen LogP contribution in [0.15, 0.2) is 47.4 Å². The first-order valence-electron chi connectivity index (χ1n) is 14.5. The molecule has 3 heterocycles. The number of aromatic amines is 1. The van der Waals surface area contributed by atoms with E-state index in [0.717, 1.165) is 46.1 Å². The molecule has 0 saturated carbocycles. The van der Waals surface area contributed by atoms with E-state index in [9.17, 15) is 9.59 Å². The Labute approximate surface area is 240 Å². The van der Waals surface area contributed by atoms with Crippen LogP contribution in [0, 0.1) is 19.7 Å². The van der Waals surface area contributed by atoms with Crippen molar-refractivity contribution in [2.24, 2.45) is 0 Å². The van der Waals surface area contributed by atoms with Crippen LogP contribution in [0.3, 0.4) is 0 Å². The minimum absolute atomic E-state index is 0.130. The number of hydrogen-bond acceptors (Lipinski definition) is 4. The first-order valence-corrected chi connectivity index (χ1v) is 14.5. The van der Waals surface area contributed by atoms with Gasteiger partial charge in [0.05, 0.1) is 24.4 Å². The maximum Gasteiger partial charge on any atom is 0.253 e. The number of nitrogens with zero attached hydrogens (tertiary/aromatic N) is 2. The first kappa shape index (κ1) is 28.6. The minimum atomic E-state index is -0.297. The fraction of sp³-hybridized carbons (Fsp3) is 0.394. The predicted molar refractivity (Wildman–Crippen MR) is 162 cm³/mol. The molecule has 2 aromatic carbocycles. The van der Waals surface area contributed by atoms with Crippen LogP contribution in [0.5, 0.6) is 0 Å². The molecule has 7 nitrogen and oxygen atoms in total. The zero-order valence-electron chi connectivity index (χ0n) is 24.6. The van der Waals surface area contributed by atoms with Gasteiger partial charge in [0, 0.05) is 54.1 Å². The second kappa shape index (κ2) is 11.9. The molecular formula is C33H39FN4O3. The number of benzene rings is 2. The third-order valence-corrected chi connectivity index (χ3v) is 7.97. The number of halogens is 1. The summed E-state index contributed by atoms with van der Waals surface area (Å²) in [5.41, 5.74) is 6.52. The Hall–Kier alpha value is -3.91. The lowest BCUT2D eigenvalue weighted by molar-refractivity contribution is 0.0950. The van der Waals surface area contributed by atoms with E-state index >= 15 is 4.39 Å². The van der Waals surface area contributed by atoms with Gasteiger partial charge in [-0.05, 0) is 86.7 Å². The first-order chi connectivity index (χ1) is 19.7. The average molecular weight is 559 g/mol. The van der Waals surface area contributed by atoms with E-state index in [2.05, 4.69) is 35.6 Å². The summed E-state index contributed by atoms with van der Waals surface area (Å²) in [4.78, 5) is 31.3.